The van der Waals surface area contributed by atoms with Gasteiger partial charge in [-0.25, -0.2) is 13.8 Å². The normalized spacial score (nSPS) is 28.4. The van der Waals surface area contributed by atoms with Crippen LogP contribution in [0.1, 0.15) is 44.0 Å². The molecule has 8 heteroatoms. The van der Waals surface area contributed by atoms with Crippen LogP contribution in [0, 0.1) is 0 Å². The van der Waals surface area contributed by atoms with Gasteiger partial charge >= 0.3 is 12.1 Å². The van der Waals surface area contributed by atoms with Crippen LogP contribution < -0.4 is 0 Å². The lowest BCUT2D eigenvalue weighted by atomic mass is 10.2. The lowest BCUT2D eigenvalue weighted by Crippen LogP contribution is -2.49. The first kappa shape index (κ1) is 18.8. The van der Waals surface area contributed by atoms with Crippen molar-refractivity contribution >= 4 is 21.8 Å². The van der Waals surface area contributed by atoms with E-state index in [4.69, 9.17) is 9.57 Å². The molecule has 2 saturated heterocycles. The van der Waals surface area contributed by atoms with Gasteiger partial charge in [0.1, 0.15) is 5.60 Å². The average Bonchev–Trinajstić information content (AvgIpc) is 2.77. The van der Waals surface area contributed by atoms with Crippen LogP contribution in [0.2, 0.25) is 0 Å². The van der Waals surface area contributed by atoms with Crippen molar-refractivity contribution in [2.24, 2.45) is 4.36 Å². The van der Waals surface area contributed by atoms with Gasteiger partial charge in [0.2, 0.25) is 0 Å². The Morgan fingerprint density at radius 2 is 1.69 bits per heavy atom. The molecule has 2 atom stereocenters. The van der Waals surface area contributed by atoms with Crippen LogP contribution in [-0.2, 0) is 19.3 Å². The summed E-state index contributed by atoms with van der Waals surface area (Å²) in [7, 11) is -2.71. The average molecular weight is 380 g/mol. The van der Waals surface area contributed by atoms with Gasteiger partial charge in [-0.2, -0.15) is 0 Å². The number of hydroxylamine groups is 2. The summed E-state index contributed by atoms with van der Waals surface area (Å²) in [6, 6.07) is 8.36. The van der Waals surface area contributed by atoms with E-state index in [1.165, 1.54) is 0 Å². The number of benzene rings is 1. The Bertz CT molecular complexity index is 789. The molecule has 2 fully saturated rings. The number of fused-ring (bicyclic) bond motifs is 2. The molecule has 2 aliphatic rings. The Labute approximate surface area is 153 Å². The molecular weight excluding hydrogens is 356 g/mol. The van der Waals surface area contributed by atoms with Crippen molar-refractivity contribution in [2.45, 2.75) is 51.3 Å². The van der Waals surface area contributed by atoms with E-state index in [2.05, 4.69) is 4.36 Å². The zero-order valence-corrected chi connectivity index (χ0v) is 16.0. The highest BCUT2D eigenvalue weighted by Crippen LogP contribution is 2.33. The largest absolute Gasteiger partial charge is 0.442 e. The fourth-order valence-electron chi connectivity index (χ4n) is 3.28. The first-order valence-electron chi connectivity index (χ1n) is 8.66. The number of hydrogen-bond donors (Lipinski definition) is 0. The maximum atomic E-state index is 13.0. The molecule has 2 aliphatic heterocycles. The van der Waals surface area contributed by atoms with Gasteiger partial charge in [-0.15, -0.1) is 9.43 Å². The minimum atomic E-state index is -2.71. The van der Waals surface area contributed by atoms with Crippen LogP contribution in [-0.4, -0.2) is 50.5 Å². The van der Waals surface area contributed by atoms with Gasteiger partial charge in [0, 0.05) is 0 Å². The Hall–Kier alpha value is -1.93. The molecule has 26 heavy (non-hydrogen) atoms. The van der Waals surface area contributed by atoms with E-state index >= 15 is 0 Å². The summed E-state index contributed by atoms with van der Waals surface area (Å²) in [6.45, 7) is 5.22. The van der Waals surface area contributed by atoms with E-state index in [9.17, 15) is 13.8 Å². The van der Waals surface area contributed by atoms with Crippen molar-refractivity contribution in [2.75, 3.05) is 11.5 Å². The fraction of sp³-hybridized carbons (Fsp3) is 0.556. The van der Waals surface area contributed by atoms with Gasteiger partial charge in [0.05, 0.1) is 38.9 Å². The molecule has 0 saturated carbocycles. The molecule has 7 nitrogen and oxygen atoms in total. The van der Waals surface area contributed by atoms with Gasteiger partial charge < -0.3 is 9.57 Å². The first-order chi connectivity index (χ1) is 12.2. The molecule has 2 heterocycles. The van der Waals surface area contributed by atoms with Crippen molar-refractivity contribution < 1.29 is 23.4 Å². The van der Waals surface area contributed by atoms with Crippen molar-refractivity contribution in [3.05, 3.63) is 35.9 Å². The number of ether oxygens (including phenoxy) is 1. The Balaban J connectivity index is 1.70. The van der Waals surface area contributed by atoms with Gasteiger partial charge in [0.15, 0.2) is 0 Å². The van der Waals surface area contributed by atoms with Crippen molar-refractivity contribution in [3.8, 4) is 0 Å². The third kappa shape index (κ3) is 4.42. The predicted molar refractivity (Wildman–Crippen MR) is 97.0 cm³/mol. The second kappa shape index (κ2) is 7.00. The van der Waals surface area contributed by atoms with Gasteiger partial charge in [0.25, 0.3) is 0 Å². The smallest absolute Gasteiger partial charge is 0.442 e. The van der Waals surface area contributed by atoms with E-state index in [1.54, 1.807) is 50.1 Å². The minimum absolute atomic E-state index is 0.194. The number of carbonyl (C=O) groups excluding carboxylic acids is 2. The number of amides is 1. The summed E-state index contributed by atoms with van der Waals surface area (Å²) in [6.07, 6.45) is 0.720. The molecule has 1 aromatic rings. The predicted octanol–water partition coefficient (Wildman–Crippen LogP) is 3.01. The molecule has 0 aliphatic carbocycles. The highest BCUT2D eigenvalue weighted by molar-refractivity contribution is 7.94. The van der Waals surface area contributed by atoms with Crippen LogP contribution in [0.15, 0.2) is 34.7 Å². The molecular formula is C18H24N2O5S. The second-order valence-corrected chi connectivity index (χ2v) is 10.1. The lowest BCUT2D eigenvalue weighted by Gasteiger charge is -2.34. The minimum Gasteiger partial charge on any atom is -0.442 e. The summed E-state index contributed by atoms with van der Waals surface area (Å²) >= 11 is 0. The molecule has 0 aromatic heterocycles. The molecule has 2 unspecified atom stereocenters. The SMILES string of the molecule is CC(C)(C)OC(=O)N=S1(=O)CC2CCC(C1)N2OC(=O)c1ccccc1. The Morgan fingerprint density at radius 3 is 2.23 bits per heavy atom. The monoisotopic (exact) mass is 380 g/mol. The fourth-order valence-corrected chi connectivity index (χ4v) is 5.71. The van der Waals surface area contributed by atoms with E-state index in [-0.39, 0.29) is 23.6 Å². The molecule has 0 N–H and O–H groups in total. The maximum Gasteiger partial charge on any atom is 0.442 e. The van der Waals surface area contributed by atoms with E-state index in [0.717, 1.165) is 12.8 Å². The van der Waals surface area contributed by atoms with Gasteiger partial charge in [-0.1, -0.05) is 18.2 Å². The van der Waals surface area contributed by atoms with Crippen LogP contribution in [0.3, 0.4) is 0 Å². The summed E-state index contributed by atoms with van der Waals surface area (Å²) in [5.41, 5.74) is -0.210. The van der Waals surface area contributed by atoms with E-state index in [1.807, 2.05) is 6.07 Å². The van der Waals surface area contributed by atoms with Crippen molar-refractivity contribution in [1.29, 1.82) is 0 Å². The molecule has 1 amide bonds. The number of hydrogen-bond acceptors (Lipinski definition) is 6. The zero-order chi connectivity index (χ0) is 18.9. The summed E-state index contributed by atoms with van der Waals surface area (Å²) < 4.78 is 22.1. The molecule has 2 bridgehead atoms. The van der Waals surface area contributed by atoms with Crippen molar-refractivity contribution in [3.63, 3.8) is 0 Å². The Morgan fingerprint density at radius 1 is 1.12 bits per heavy atom. The summed E-state index contributed by atoms with van der Waals surface area (Å²) in [5, 5.41) is 1.64. The standard InChI is InChI=1S/C18H24N2O5S/c1-18(2,3)24-17(22)19-26(23)11-14-9-10-15(12-26)20(14)25-16(21)13-7-5-4-6-8-13/h4-8,14-15H,9-12H2,1-3H3. The van der Waals surface area contributed by atoms with Crippen LogP contribution >= 0.6 is 0 Å². The summed E-state index contributed by atoms with van der Waals surface area (Å²) in [5.74, 6) is -0.0321. The van der Waals surface area contributed by atoms with Gasteiger partial charge in [-0.05, 0) is 45.7 Å². The number of rotatable bonds is 2. The van der Waals surface area contributed by atoms with Crippen LogP contribution in [0.5, 0.6) is 0 Å². The third-order valence-corrected chi connectivity index (χ3v) is 6.58. The van der Waals surface area contributed by atoms with Gasteiger partial charge in [-0.3, -0.25) is 0 Å². The van der Waals surface area contributed by atoms with Crippen molar-refractivity contribution in [1.82, 2.24) is 5.06 Å². The molecule has 1 aromatic carbocycles. The first-order valence-corrected chi connectivity index (χ1v) is 10.5. The third-order valence-electron chi connectivity index (χ3n) is 4.29. The molecule has 3 rings (SSSR count). The molecule has 0 spiro atoms. The summed E-state index contributed by atoms with van der Waals surface area (Å²) in [4.78, 5) is 29.8. The Kier molecular flexibility index (Phi) is 5.07. The maximum absolute atomic E-state index is 13.0. The van der Waals surface area contributed by atoms with E-state index < -0.39 is 27.4 Å². The van der Waals surface area contributed by atoms with Crippen LogP contribution in [0.25, 0.3) is 0 Å². The lowest BCUT2D eigenvalue weighted by molar-refractivity contribution is -0.137. The highest BCUT2D eigenvalue weighted by atomic mass is 32.2. The quantitative estimate of drug-likeness (QED) is 0.784. The number of nitrogens with zero attached hydrogens (tertiary/aromatic N) is 2. The zero-order valence-electron chi connectivity index (χ0n) is 15.2. The second-order valence-electron chi connectivity index (χ2n) is 7.67. The molecule has 142 valence electrons. The number of carbonyl (C=O) groups is 2. The van der Waals surface area contributed by atoms with Crippen LogP contribution in [0.4, 0.5) is 4.79 Å². The highest BCUT2D eigenvalue weighted by Gasteiger charge is 2.45. The molecule has 0 radical (unpaired) electrons. The topological polar surface area (TPSA) is 85.3 Å². The van der Waals surface area contributed by atoms with E-state index in [0.29, 0.717) is 5.56 Å².